The molecule has 0 saturated carbocycles. The van der Waals surface area contributed by atoms with Crippen molar-refractivity contribution in [2.75, 3.05) is 38.3 Å². The first kappa shape index (κ1) is 13.8. The van der Waals surface area contributed by atoms with E-state index < -0.39 is 15.4 Å². The van der Waals surface area contributed by atoms with Crippen LogP contribution >= 0.6 is 11.8 Å². The van der Waals surface area contributed by atoms with Crippen LogP contribution in [0.25, 0.3) is 0 Å². The quantitative estimate of drug-likeness (QED) is 0.707. The predicted molar refractivity (Wildman–Crippen MR) is 75.4 cm³/mol. The van der Waals surface area contributed by atoms with Gasteiger partial charge in [0.25, 0.3) is 10.0 Å². The number of rotatable bonds is 4. The van der Waals surface area contributed by atoms with Gasteiger partial charge >= 0.3 is 0 Å². The Morgan fingerprint density at radius 3 is 2.50 bits per heavy atom. The molecular formula is C11H19N3O2S2. The molecule has 0 N–H and O–H groups in total. The van der Waals surface area contributed by atoms with Gasteiger partial charge in [0.1, 0.15) is 6.67 Å². The van der Waals surface area contributed by atoms with Crippen molar-refractivity contribution in [2.24, 2.45) is 0 Å². The smallest absolute Gasteiger partial charge is 0.256 e. The molecule has 0 aromatic heterocycles. The Morgan fingerprint density at radius 2 is 2.00 bits per heavy atom. The third-order valence-corrected chi connectivity index (χ3v) is 6.02. The van der Waals surface area contributed by atoms with E-state index in [1.807, 2.05) is 28.6 Å². The largest absolute Gasteiger partial charge is 0.361 e. The molecule has 1 fully saturated rings. The first-order valence-corrected chi connectivity index (χ1v) is 8.55. The molecule has 2 aliphatic rings. The summed E-state index contributed by atoms with van der Waals surface area (Å²) < 4.78 is 26.5. The molecule has 0 radical (unpaired) electrons. The van der Waals surface area contributed by atoms with E-state index in [2.05, 4.69) is 6.58 Å². The SMILES string of the molecule is C=CC(N1CCSCC1)S(=O)(=O)N1C=CN(C)C1. The molecule has 1 atom stereocenters. The van der Waals surface area contributed by atoms with Gasteiger partial charge in [0.2, 0.25) is 0 Å². The van der Waals surface area contributed by atoms with Gasteiger partial charge in [-0.15, -0.1) is 6.58 Å². The minimum Gasteiger partial charge on any atom is -0.361 e. The van der Waals surface area contributed by atoms with Crippen molar-refractivity contribution < 1.29 is 8.42 Å². The summed E-state index contributed by atoms with van der Waals surface area (Å²) in [5, 5.41) is -0.616. The molecule has 2 aliphatic heterocycles. The first-order valence-electron chi connectivity index (χ1n) is 5.89. The van der Waals surface area contributed by atoms with Gasteiger partial charge in [0.15, 0.2) is 5.37 Å². The van der Waals surface area contributed by atoms with Crippen molar-refractivity contribution in [1.29, 1.82) is 0 Å². The summed E-state index contributed by atoms with van der Waals surface area (Å²) in [6, 6.07) is 0. The average Bonchev–Trinajstić information content (AvgIpc) is 2.78. The predicted octanol–water partition coefficient (Wildman–Crippen LogP) is 0.553. The molecule has 2 heterocycles. The summed E-state index contributed by atoms with van der Waals surface area (Å²) >= 11 is 1.86. The minimum atomic E-state index is -3.38. The van der Waals surface area contributed by atoms with Gasteiger partial charge in [0, 0.05) is 44.0 Å². The van der Waals surface area contributed by atoms with Crippen molar-refractivity contribution in [1.82, 2.24) is 14.1 Å². The zero-order valence-electron chi connectivity index (χ0n) is 10.5. The molecule has 0 amide bonds. The maximum Gasteiger partial charge on any atom is 0.256 e. The number of nitrogens with zero attached hydrogens (tertiary/aromatic N) is 3. The summed E-state index contributed by atoms with van der Waals surface area (Å²) in [7, 11) is -1.53. The Bertz CT molecular complexity index is 430. The van der Waals surface area contributed by atoms with Crippen LogP contribution < -0.4 is 0 Å². The summed E-state index contributed by atoms with van der Waals surface area (Å²) in [5.41, 5.74) is 0. The van der Waals surface area contributed by atoms with E-state index in [0.717, 1.165) is 24.6 Å². The number of hydrogen-bond acceptors (Lipinski definition) is 5. The van der Waals surface area contributed by atoms with Gasteiger partial charge < -0.3 is 4.90 Å². The third kappa shape index (κ3) is 2.67. The van der Waals surface area contributed by atoms with Crippen molar-refractivity contribution in [3.05, 3.63) is 25.1 Å². The highest BCUT2D eigenvalue weighted by atomic mass is 32.2. The maximum atomic E-state index is 12.5. The second kappa shape index (κ2) is 5.54. The van der Waals surface area contributed by atoms with E-state index in [-0.39, 0.29) is 0 Å². The standard InChI is InChI=1S/C11H19N3O2S2/c1-3-11(13-6-8-17-9-7-13)18(15,16)14-5-4-12(2)10-14/h3-5,11H,1,6-10H2,2H3. The highest BCUT2D eigenvalue weighted by molar-refractivity contribution is 7.99. The summed E-state index contributed by atoms with van der Waals surface area (Å²) in [6.07, 6.45) is 4.92. The van der Waals surface area contributed by atoms with Gasteiger partial charge in [-0.25, -0.2) is 8.42 Å². The summed E-state index contributed by atoms with van der Waals surface area (Å²) in [4.78, 5) is 3.83. The Kier molecular flexibility index (Phi) is 4.24. The van der Waals surface area contributed by atoms with Crippen LogP contribution in [0.1, 0.15) is 0 Å². The average molecular weight is 289 g/mol. The third-order valence-electron chi connectivity index (χ3n) is 3.09. The molecule has 18 heavy (non-hydrogen) atoms. The number of thioether (sulfide) groups is 1. The van der Waals surface area contributed by atoms with Gasteiger partial charge in [-0.1, -0.05) is 6.08 Å². The van der Waals surface area contributed by atoms with E-state index >= 15 is 0 Å². The topological polar surface area (TPSA) is 43.9 Å². The van der Waals surface area contributed by atoms with Gasteiger partial charge in [-0.2, -0.15) is 11.8 Å². The van der Waals surface area contributed by atoms with Gasteiger partial charge in [0.05, 0.1) is 0 Å². The fourth-order valence-corrected chi connectivity index (χ4v) is 4.70. The first-order chi connectivity index (χ1) is 8.55. The van der Waals surface area contributed by atoms with Crippen LogP contribution in [0.3, 0.4) is 0 Å². The van der Waals surface area contributed by atoms with Crippen LogP contribution in [0.2, 0.25) is 0 Å². The number of hydrogen-bond donors (Lipinski definition) is 0. The van der Waals surface area contributed by atoms with Crippen molar-refractivity contribution in [3.8, 4) is 0 Å². The van der Waals surface area contributed by atoms with E-state index in [9.17, 15) is 8.42 Å². The Balaban J connectivity index is 2.15. The van der Waals surface area contributed by atoms with Crippen LogP contribution in [0.5, 0.6) is 0 Å². The zero-order chi connectivity index (χ0) is 13.2. The van der Waals surface area contributed by atoms with Gasteiger partial charge in [-0.3, -0.25) is 9.21 Å². The molecule has 0 bridgehead atoms. The molecule has 0 aliphatic carbocycles. The Hall–Kier alpha value is -0.660. The van der Waals surface area contributed by atoms with Crippen molar-refractivity contribution in [3.63, 3.8) is 0 Å². The molecule has 102 valence electrons. The van der Waals surface area contributed by atoms with Gasteiger partial charge in [-0.05, 0) is 0 Å². The maximum absolute atomic E-state index is 12.5. The van der Waals surface area contributed by atoms with E-state index in [0.29, 0.717) is 6.67 Å². The Morgan fingerprint density at radius 1 is 1.33 bits per heavy atom. The number of sulfonamides is 1. The van der Waals surface area contributed by atoms with E-state index in [1.165, 1.54) is 10.4 Å². The Labute approximate surface area is 113 Å². The molecule has 0 aromatic rings. The van der Waals surface area contributed by atoms with E-state index in [4.69, 9.17) is 0 Å². The summed E-state index contributed by atoms with van der Waals surface area (Å²) in [6.45, 7) is 5.68. The molecule has 0 aromatic carbocycles. The second-order valence-electron chi connectivity index (χ2n) is 4.40. The minimum absolute atomic E-state index is 0.384. The molecule has 1 saturated heterocycles. The molecule has 5 nitrogen and oxygen atoms in total. The normalized spacial score (nSPS) is 23.4. The molecule has 1 unspecified atom stereocenters. The lowest BCUT2D eigenvalue weighted by molar-refractivity contribution is 0.290. The lowest BCUT2D eigenvalue weighted by atomic mass is 10.4. The van der Waals surface area contributed by atoms with Crippen LogP contribution in [0.4, 0.5) is 0 Å². The highest BCUT2D eigenvalue weighted by Gasteiger charge is 2.35. The lowest BCUT2D eigenvalue weighted by Gasteiger charge is -2.34. The van der Waals surface area contributed by atoms with Crippen LogP contribution in [0, 0.1) is 0 Å². The monoisotopic (exact) mass is 289 g/mol. The molecule has 0 spiro atoms. The highest BCUT2D eigenvalue weighted by Crippen LogP contribution is 2.21. The summed E-state index contributed by atoms with van der Waals surface area (Å²) in [5.74, 6) is 1.96. The second-order valence-corrected chi connectivity index (χ2v) is 7.61. The zero-order valence-corrected chi connectivity index (χ0v) is 12.2. The van der Waals surface area contributed by atoms with Crippen LogP contribution in [0.15, 0.2) is 25.1 Å². The fourth-order valence-electron chi connectivity index (χ4n) is 2.10. The van der Waals surface area contributed by atoms with Crippen molar-refractivity contribution in [2.45, 2.75) is 5.37 Å². The molecule has 2 rings (SSSR count). The molecular weight excluding hydrogens is 270 g/mol. The van der Waals surface area contributed by atoms with Crippen LogP contribution in [-0.4, -0.2) is 66.2 Å². The fraction of sp³-hybridized carbons (Fsp3) is 0.636. The van der Waals surface area contributed by atoms with E-state index in [1.54, 1.807) is 12.4 Å². The lowest BCUT2D eigenvalue weighted by Crippen LogP contribution is -2.48. The van der Waals surface area contributed by atoms with Crippen molar-refractivity contribution >= 4 is 21.8 Å². The van der Waals surface area contributed by atoms with Crippen LogP contribution in [-0.2, 0) is 10.0 Å². The molecule has 7 heteroatoms.